The van der Waals surface area contributed by atoms with Crippen molar-refractivity contribution < 1.29 is 0 Å². The Morgan fingerprint density at radius 2 is 1.83 bits per heavy atom. The minimum atomic E-state index is 0.177. The molecule has 1 atom stereocenters. The summed E-state index contributed by atoms with van der Waals surface area (Å²) in [5.74, 6) is 3.03. The van der Waals surface area contributed by atoms with Crippen LogP contribution in [0.4, 0.5) is 0 Å². The summed E-state index contributed by atoms with van der Waals surface area (Å²) in [4.78, 5) is 0. The van der Waals surface area contributed by atoms with E-state index in [0.717, 1.165) is 0 Å². The fourth-order valence-corrected chi connectivity index (χ4v) is 2.93. The van der Waals surface area contributed by atoms with Crippen LogP contribution in [-0.2, 0) is 0 Å². The minimum Gasteiger partial charge on any atom is -0.120 e. The molecule has 0 radical (unpaired) electrons. The molecule has 0 spiro atoms. The van der Waals surface area contributed by atoms with Gasteiger partial charge in [-0.3, -0.25) is 0 Å². The van der Waals surface area contributed by atoms with Gasteiger partial charge >= 0.3 is 0 Å². The van der Waals surface area contributed by atoms with Crippen molar-refractivity contribution in [2.75, 3.05) is 0 Å². The van der Waals surface area contributed by atoms with Gasteiger partial charge in [-0.2, -0.15) is 0 Å². The second-order valence-electron chi connectivity index (χ2n) is 4.32. The van der Waals surface area contributed by atoms with E-state index in [4.69, 9.17) is 6.42 Å². The predicted octanol–water partition coefficient (Wildman–Crippen LogP) is 3.62. The number of terminal acetylenes is 1. The van der Waals surface area contributed by atoms with Crippen molar-refractivity contribution in [1.82, 2.24) is 0 Å². The van der Waals surface area contributed by atoms with Crippen LogP contribution in [0.3, 0.4) is 0 Å². The molecule has 0 aromatic rings. The first-order valence-electron chi connectivity index (χ1n) is 5.12. The molecule has 0 bridgehead atoms. The third-order valence-corrected chi connectivity index (χ3v) is 4.17. The van der Waals surface area contributed by atoms with Crippen molar-refractivity contribution in [2.24, 2.45) is 10.8 Å². The normalized spacial score (nSPS) is 33.2. The molecule has 0 heterocycles. The molecule has 0 saturated heterocycles. The molecule has 0 aromatic heterocycles. The zero-order valence-corrected chi connectivity index (χ0v) is 8.61. The van der Waals surface area contributed by atoms with Crippen molar-refractivity contribution in [3.05, 3.63) is 0 Å². The third-order valence-electron chi connectivity index (χ3n) is 4.17. The topological polar surface area (TPSA) is 0 Å². The lowest BCUT2D eigenvalue weighted by molar-refractivity contribution is 0.136. The zero-order valence-electron chi connectivity index (χ0n) is 8.61. The molecule has 68 valence electrons. The highest BCUT2D eigenvalue weighted by molar-refractivity contribution is 5.14. The average Bonchev–Trinajstić information content (AvgIpc) is 2.44. The van der Waals surface area contributed by atoms with E-state index in [1.165, 1.54) is 32.1 Å². The highest BCUT2D eigenvalue weighted by atomic mass is 14.5. The lowest BCUT2D eigenvalue weighted by Crippen LogP contribution is -2.32. The van der Waals surface area contributed by atoms with Gasteiger partial charge in [0.25, 0.3) is 0 Å². The first kappa shape index (κ1) is 9.65. The second kappa shape index (κ2) is 3.13. The Bertz CT molecular complexity index is 193. The number of rotatable bonds is 2. The standard InChI is InChI=1S/C12H20/c1-5-11(4)9-8-10-12(11,6-2)7-3/h1H,6-10H2,2-4H3. The molecule has 1 saturated carbocycles. The van der Waals surface area contributed by atoms with Gasteiger partial charge in [0.15, 0.2) is 0 Å². The SMILES string of the molecule is C#CC1(C)CCCC1(CC)CC. The molecule has 1 unspecified atom stereocenters. The molecule has 12 heavy (non-hydrogen) atoms. The van der Waals surface area contributed by atoms with Gasteiger partial charge < -0.3 is 0 Å². The Balaban J connectivity index is 2.95. The fraction of sp³-hybridized carbons (Fsp3) is 0.833. The fourth-order valence-electron chi connectivity index (χ4n) is 2.93. The molecule has 1 fully saturated rings. The zero-order chi connectivity index (χ0) is 9.24. The van der Waals surface area contributed by atoms with E-state index in [9.17, 15) is 0 Å². The van der Waals surface area contributed by atoms with Gasteiger partial charge in [-0.1, -0.05) is 26.2 Å². The van der Waals surface area contributed by atoms with Crippen molar-refractivity contribution >= 4 is 0 Å². The lowest BCUT2D eigenvalue weighted by Gasteiger charge is -2.39. The average molecular weight is 164 g/mol. The van der Waals surface area contributed by atoms with E-state index in [1.54, 1.807) is 0 Å². The first-order valence-corrected chi connectivity index (χ1v) is 5.12. The molecule has 1 aliphatic carbocycles. The smallest absolute Gasteiger partial charge is 0.0339 e. The molecule has 0 aliphatic heterocycles. The van der Waals surface area contributed by atoms with Gasteiger partial charge in [0, 0.05) is 5.41 Å². The molecule has 1 rings (SSSR count). The Kier molecular flexibility index (Phi) is 2.52. The van der Waals surface area contributed by atoms with E-state index in [-0.39, 0.29) is 5.41 Å². The summed E-state index contributed by atoms with van der Waals surface area (Å²) in [6.45, 7) is 6.84. The summed E-state index contributed by atoms with van der Waals surface area (Å²) in [6, 6.07) is 0. The summed E-state index contributed by atoms with van der Waals surface area (Å²) in [7, 11) is 0. The summed E-state index contributed by atoms with van der Waals surface area (Å²) in [5, 5.41) is 0. The molecular formula is C12H20. The van der Waals surface area contributed by atoms with Crippen molar-refractivity contribution in [2.45, 2.75) is 52.9 Å². The number of hydrogen-bond acceptors (Lipinski definition) is 0. The van der Waals surface area contributed by atoms with Gasteiger partial charge in [-0.25, -0.2) is 0 Å². The summed E-state index contributed by atoms with van der Waals surface area (Å²) < 4.78 is 0. The maximum absolute atomic E-state index is 5.64. The van der Waals surface area contributed by atoms with Crippen LogP contribution in [-0.4, -0.2) is 0 Å². The largest absolute Gasteiger partial charge is 0.120 e. The van der Waals surface area contributed by atoms with Crippen LogP contribution >= 0.6 is 0 Å². The van der Waals surface area contributed by atoms with Gasteiger partial charge in [0.2, 0.25) is 0 Å². The maximum atomic E-state index is 5.64. The molecule has 0 heteroatoms. The van der Waals surface area contributed by atoms with Crippen LogP contribution in [0.25, 0.3) is 0 Å². The molecule has 0 N–H and O–H groups in total. The molecular weight excluding hydrogens is 144 g/mol. The molecule has 0 nitrogen and oxygen atoms in total. The van der Waals surface area contributed by atoms with E-state index < -0.39 is 0 Å². The summed E-state index contributed by atoms with van der Waals surface area (Å²) in [6.07, 6.45) is 12.0. The predicted molar refractivity (Wildman–Crippen MR) is 53.8 cm³/mol. The number of hydrogen-bond donors (Lipinski definition) is 0. The van der Waals surface area contributed by atoms with Crippen molar-refractivity contribution in [3.63, 3.8) is 0 Å². The minimum absolute atomic E-state index is 0.177. The van der Waals surface area contributed by atoms with Crippen molar-refractivity contribution in [3.8, 4) is 12.3 Å². The van der Waals surface area contributed by atoms with Crippen LogP contribution in [0.1, 0.15) is 52.9 Å². The first-order chi connectivity index (χ1) is 5.64. The van der Waals surface area contributed by atoms with E-state index in [2.05, 4.69) is 26.7 Å². The van der Waals surface area contributed by atoms with Gasteiger partial charge in [-0.15, -0.1) is 6.42 Å². The lowest BCUT2D eigenvalue weighted by atomic mass is 9.64. The quantitative estimate of drug-likeness (QED) is 0.547. The molecule has 0 aromatic carbocycles. The van der Waals surface area contributed by atoms with E-state index in [1.807, 2.05) is 0 Å². The third kappa shape index (κ3) is 1.07. The van der Waals surface area contributed by atoms with E-state index in [0.29, 0.717) is 5.41 Å². The van der Waals surface area contributed by atoms with E-state index >= 15 is 0 Å². The molecule has 0 amide bonds. The summed E-state index contributed by atoms with van der Waals surface area (Å²) >= 11 is 0. The Morgan fingerprint density at radius 3 is 2.17 bits per heavy atom. The highest BCUT2D eigenvalue weighted by Gasteiger charge is 2.47. The molecule has 1 aliphatic rings. The van der Waals surface area contributed by atoms with Crippen LogP contribution in [0.5, 0.6) is 0 Å². The van der Waals surface area contributed by atoms with Gasteiger partial charge in [-0.05, 0) is 38.0 Å². The Hall–Kier alpha value is -0.440. The van der Waals surface area contributed by atoms with Crippen LogP contribution < -0.4 is 0 Å². The summed E-state index contributed by atoms with van der Waals surface area (Å²) in [5.41, 5.74) is 0.623. The van der Waals surface area contributed by atoms with Crippen LogP contribution in [0.2, 0.25) is 0 Å². The Labute approximate surface area is 76.7 Å². The van der Waals surface area contributed by atoms with Gasteiger partial charge in [0.05, 0.1) is 0 Å². The highest BCUT2D eigenvalue weighted by Crippen LogP contribution is 2.56. The monoisotopic (exact) mass is 164 g/mol. The van der Waals surface area contributed by atoms with Crippen molar-refractivity contribution in [1.29, 1.82) is 0 Å². The Morgan fingerprint density at radius 1 is 1.25 bits per heavy atom. The van der Waals surface area contributed by atoms with Crippen LogP contribution in [0, 0.1) is 23.2 Å². The maximum Gasteiger partial charge on any atom is 0.0339 e. The van der Waals surface area contributed by atoms with Crippen LogP contribution in [0.15, 0.2) is 0 Å². The van der Waals surface area contributed by atoms with Gasteiger partial charge in [0.1, 0.15) is 0 Å². The second-order valence-corrected chi connectivity index (χ2v) is 4.32.